The van der Waals surface area contributed by atoms with Gasteiger partial charge in [-0.05, 0) is 43.2 Å². The summed E-state index contributed by atoms with van der Waals surface area (Å²) in [7, 11) is -3.21. The van der Waals surface area contributed by atoms with Crippen molar-refractivity contribution in [2.75, 3.05) is 19.3 Å². The minimum atomic E-state index is -3.21. The summed E-state index contributed by atoms with van der Waals surface area (Å²) in [6, 6.07) is 18.4. The smallest absolute Gasteiger partial charge is 0.270 e. The van der Waals surface area contributed by atoms with Crippen molar-refractivity contribution in [2.45, 2.75) is 18.9 Å². The number of nitrogens with zero attached hydrogens (tertiary/aromatic N) is 3. The van der Waals surface area contributed by atoms with Gasteiger partial charge in [0.15, 0.2) is 0 Å². The van der Waals surface area contributed by atoms with Gasteiger partial charge in [0.1, 0.15) is 5.69 Å². The van der Waals surface area contributed by atoms with Crippen LogP contribution in [0.5, 0.6) is 0 Å². The molecule has 0 aliphatic carbocycles. The highest BCUT2D eigenvalue weighted by atomic mass is 35.5. The first-order valence-corrected chi connectivity index (χ1v) is 12.2. The van der Waals surface area contributed by atoms with E-state index in [1.807, 2.05) is 42.5 Å². The molecule has 2 heterocycles. The first-order valence-electron chi connectivity index (χ1n) is 9.99. The van der Waals surface area contributed by atoms with E-state index in [0.29, 0.717) is 42.3 Å². The van der Waals surface area contributed by atoms with Crippen LogP contribution < -0.4 is 5.32 Å². The Morgan fingerprint density at radius 2 is 1.71 bits per heavy atom. The number of halogens is 1. The summed E-state index contributed by atoms with van der Waals surface area (Å²) in [5, 5.41) is 8.34. The van der Waals surface area contributed by atoms with E-state index in [9.17, 15) is 13.2 Å². The van der Waals surface area contributed by atoms with Crippen LogP contribution in [0.1, 0.15) is 23.3 Å². The number of piperidine rings is 1. The van der Waals surface area contributed by atoms with Gasteiger partial charge in [-0.2, -0.15) is 5.10 Å². The molecule has 0 radical (unpaired) electrons. The van der Waals surface area contributed by atoms with Gasteiger partial charge in [-0.15, -0.1) is 0 Å². The van der Waals surface area contributed by atoms with Gasteiger partial charge in [0.25, 0.3) is 5.91 Å². The molecule has 0 bridgehead atoms. The molecule has 1 aliphatic heterocycles. The van der Waals surface area contributed by atoms with Crippen LogP contribution in [-0.2, 0) is 10.0 Å². The van der Waals surface area contributed by atoms with Gasteiger partial charge in [-0.3, -0.25) is 4.79 Å². The van der Waals surface area contributed by atoms with Crippen LogP contribution in [-0.4, -0.2) is 53.8 Å². The van der Waals surface area contributed by atoms with Crippen LogP contribution in [0.4, 0.5) is 0 Å². The molecule has 1 amide bonds. The summed E-state index contributed by atoms with van der Waals surface area (Å²) >= 11 is 6.00. The molecule has 7 nitrogen and oxygen atoms in total. The number of aromatic nitrogens is 2. The fraction of sp³-hybridized carbons (Fsp3) is 0.273. The maximum Gasteiger partial charge on any atom is 0.270 e. The zero-order valence-electron chi connectivity index (χ0n) is 17.0. The van der Waals surface area contributed by atoms with Gasteiger partial charge >= 0.3 is 0 Å². The summed E-state index contributed by atoms with van der Waals surface area (Å²) in [6.07, 6.45) is 2.35. The molecule has 162 valence electrons. The Balaban J connectivity index is 1.59. The molecule has 1 aliphatic rings. The van der Waals surface area contributed by atoms with Crippen molar-refractivity contribution in [3.05, 3.63) is 71.4 Å². The van der Waals surface area contributed by atoms with Crippen LogP contribution in [0.2, 0.25) is 5.02 Å². The van der Waals surface area contributed by atoms with Crippen LogP contribution in [0, 0.1) is 0 Å². The molecule has 9 heteroatoms. The second kappa shape index (κ2) is 8.82. The third-order valence-electron chi connectivity index (χ3n) is 5.34. The van der Waals surface area contributed by atoms with Crippen LogP contribution in [0.3, 0.4) is 0 Å². The lowest BCUT2D eigenvalue weighted by atomic mass is 10.1. The number of benzene rings is 2. The number of carbonyl (C=O) groups is 1. The molecule has 0 spiro atoms. The zero-order valence-corrected chi connectivity index (χ0v) is 18.6. The summed E-state index contributed by atoms with van der Waals surface area (Å²) in [5.41, 5.74) is 2.72. The fourth-order valence-electron chi connectivity index (χ4n) is 3.66. The van der Waals surface area contributed by atoms with Crippen LogP contribution in [0.25, 0.3) is 16.9 Å². The highest BCUT2D eigenvalue weighted by Gasteiger charge is 2.27. The average Bonchev–Trinajstić information content (AvgIpc) is 3.20. The second-order valence-corrected chi connectivity index (χ2v) is 10.00. The van der Waals surface area contributed by atoms with Crippen molar-refractivity contribution in [3.8, 4) is 16.9 Å². The second-order valence-electron chi connectivity index (χ2n) is 7.58. The van der Waals surface area contributed by atoms with Gasteiger partial charge in [0.2, 0.25) is 10.0 Å². The third kappa shape index (κ3) is 4.98. The average molecular weight is 459 g/mol. The van der Waals surface area contributed by atoms with E-state index in [2.05, 4.69) is 10.4 Å². The zero-order chi connectivity index (χ0) is 22.0. The van der Waals surface area contributed by atoms with Gasteiger partial charge in [-0.1, -0.05) is 41.9 Å². The SMILES string of the molecule is CS(=O)(=O)N1CCC(NC(=O)c2cc(-c3ccc(Cl)cc3)nn2-c2ccccc2)CC1. The lowest BCUT2D eigenvalue weighted by Gasteiger charge is -2.30. The Bertz CT molecular complexity index is 1170. The monoisotopic (exact) mass is 458 g/mol. The van der Waals surface area contributed by atoms with Crippen molar-refractivity contribution < 1.29 is 13.2 Å². The topological polar surface area (TPSA) is 84.3 Å². The quantitative estimate of drug-likeness (QED) is 0.635. The number of rotatable bonds is 5. The van der Waals surface area contributed by atoms with E-state index in [0.717, 1.165) is 11.3 Å². The molecule has 2 aromatic carbocycles. The van der Waals surface area contributed by atoms with Gasteiger partial charge in [-0.25, -0.2) is 17.4 Å². The lowest BCUT2D eigenvalue weighted by molar-refractivity contribution is 0.0916. The number of amides is 1. The van der Waals surface area contributed by atoms with E-state index < -0.39 is 10.0 Å². The molecule has 31 heavy (non-hydrogen) atoms. The minimum Gasteiger partial charge on any atom is -0.348 e. The molecule has 0 unspecified atom stereocenters. The predicted molar refractivity (Wildman–Crippen MR) is 121 cm³/mol. The van der Waals surface area contributed by atoms with E-state index in [-0.39, 0.29) is 11.9 Å². The first kappa shape index (κ1) is 21.5. The van der Waals surface area contributed by atoms with Crippen molar-refractivity contribution in [1.29, 1.82) is 0 Å². The molecule has 0 saturated carbocycles. The van der Waals surface area contributed by atoms with Gasteiger partial charge < -0.3 is 5.32 Å². The van der Waals surface area contributed by atoms with Gasteiger partial charge in [0.05, 0.1) is 17.6 Å². The lowest BCUT2D eigenvalue weighted by Crippen LogP contribution is -2.46. The van der Waals surface area contributed by atoms with Gasteiger partial charge in [0, 0.05) is 29.7 Å². The molecule has 1 saturated heterocycles. The molecule has 0 atom stereocenters. The van der Waals surface area contributed by atoms with Crippen LogP contribution >= 0.6 is 11.6 Å². The van der Waals surface area contributed by atoms with E-state index in [1.54, 1.807) is 22.9 Å². The number of nitrogens with one attached hydrogen (secondary N) is 1. The summed E-state index contributed by atoms with van der Waals surface area (Å²) in [6.45, 7) is 0.801. The molecular weight excluding hydrogens is 436 g/mol. The number of hydrogen-bond donors (Lipinski definition) is 1. The Kier molecular flexibility index (Phi) is 6.13. The third-order valence-corrected chi connectivity index (χ3v) is 6.90. The highest BCUT2D eigenvalue weighted by Crippen LogP contribution is 2.24. The highest BCUT2D eigenvalue weighted by molar-refractivity contribution is 7.88. The summed E-state index contributed by atoms with van der Waals surface area (Å²) in [4.78, 5) is 13.2. The Morgan fingerprint density at radius 1 is 1.06 bits per heavy atom. The standard InChI is InChI=1S/C22H23ClN4O3S/c1-31(29,30)26-13-11-18(12-14-26)24-22(28)21-15-20(16-7-9-17(23)10-8-16)25-27(21)19-5-3-2-4-6-19/h2-10,15,18H,11-14H2,1H3,(H,24,28). The van der Waals surface area contributed by atoms with Crippen LogP contribution in [0.15, 0.2) is 60.7 Å². The van der Waals surface area contributed by atoms with Crippen molar-refractivity contribution in [1.82, 2.24) is 19.4 Å². The largest absolute Gasteiger partial charge is 0.348 e. The Hall–Kier alpha value is -2.68. The fourth-order valence-corrected chi connectivity index (χ4v) is 4.66. The Morgan fingerprint density at radius 3 is 2.32 bits per heavy atom. The number of hydrogen-bond acceptors (Lipinski definition) is 4. The maximum atomic E-state index is 13.2. The predicted octanol–water partition coefficient (Wildman–Crippen LogP) is 3.35. The van der Waals surface area contributed by atoms with E-state index in [4.69, 9.17) is 11.6 Å². The number of para-hydroxylation sites is 1. The maximum absolute atomic E-state index is 13.2. The van der Waals surface area contributed by atoms with E-state index >= 15 is 0 Å². The van der Waals surface area contributed by atoms with Crippen molar-refractivity contribution in [3.63, 3.8) is 0 Å². The van der Waals surface area contributed by atoms with Crippen molar-refractivity contribution >= 4 is 27.5 Å². The normalized spacial score (nSPS) is 15.7. The summed E-state index contributed by atoms with van der Waals surface area (Å²) in [5.74, 6) is -0.241. The molecule has 1 N–H and O–H groups in total. The molecule has 3 aromatic rings. The number of carbonyl (C=O) groups excluding carboxylic acids is 1. The molecule has 1 fully saturated rings. The van der Waals surface area contributed by atoms with E-state index in [1.165, 1.54) is 10.6 Å². The Labute approximate surface area is 186 Å². The number of sulfonamides is 1. The first-order chi connectivity index (χ1) is 14.8. The molecular formula is C22H23ClN4O3S. The minimum absolute atomic E-state index is 0.0939. The van der Waals surface area contributed by atoms with Crippen molar-refractivity contribution in [2.24, 2.45) is 0 Å². The summed E-state index contributed by atoms with van der Waals surface area (Å²) < 4.78 is 26.5. The molecule has 4 rings (SSSR count). The molecule has 1 aromatic heterocycles.